The number of para-hydroxylation sites is 1. The second kappa shape index (κ2) is 4.37. The molecule has 1 heterocycles. The molecule has 2 rings (SSSR count). The normalized spacial score (nSPS) is 10.6. The molecule has 1 aromatic carbocycles. The molecule has 0 bridgehead atoms. The fraction of sp³-hybridized carbons (Fsp3) is 0.182. The molecule has 4 heteroatoms. The van der Waals surface area contributed by atoms with E-state index in [1.807, 2.05) is 30.3 Å². The predicted molar refractivity (Wildman–Crippen MR) is 65.7 cm³/mol. The first-order valence-electron chi connectivity index (χ1n) is 4.71. The largest absolute Gasteiger partial charge is 0.221 e. The third-order valence-electron chi connectivity index (χ3n) is 2.16. The highest BCUT2D eigenvalue weighted by Crippen LogP contribution is 2.24. The maximum Gasteiger partial charge on any atom is 0.133 e. The molecule has 0 radical (unpaired) electrons. The Morgan fingerprint density at radius 2 is 2.13 bits per heavy atom. The Bertz CT molecular complexity index is 479. The molecule has 0 unspecified atom stereocenters. The molecule has 0 aliphatic carbocycles. The molecule has 2 nitrogen and oxygen atoms in total. The zero-order valence-electron chi connectivity index (χ0n) is 8.24. The first-order valence-corrected chi connectivity index (χ1v) is 5.89. The van der Waals surface area contributed by atoms with Gasteiger partial charge in [0.25, 0.3) is 0 Å². The maximum absolute atomic E-state index is 6.11. The van der Waals surface area contributed by atoms with E-state index in [1.54, 1.807) is 4.68 Å². The summed E-state index contributed by atoms with van der Waals surface area (Å²) in [4.78, 5) is 0. The highest BCUT2D eigenvalue weighted by atomic mass is 79.9. The zero-order chi connectivity index (χ0) is 10.8. The van der Waals surface area contributed by atoms with Crippen LogP contribution in [0.1, 0.15) is 12.6 Å². The Morgan fingerprint density at radius 1 is 1.40 bits per heavy atom. The van der Waals surface area contributed by atoms with Crippen molar-refractivity contribution in [3.63, 3.8) is 0 Å². The number of hydrogen-bond acceptors (Lipinski definition) is 1. The molecule has 0 N–H and O–H groups in total. The van der Waals surface area contributed by atoms with Gasteiger partial charge in [0.1, 0.15) is 5.15 Å². The van der Waals surface area contributed by atoms with Crippen LogP contribution in [0.5, 0.6) is 0 Å². The molecule has 0 aliphatic heterocycles. The van der Waals surface area contributed by atoms with Gasteiger partial charge in [0.15, 0.2) is 0 Å². The lowest BCUT2D eigenvalue weighted by Crippen LogP contribution is -1.98. The van der Waals surface area contributed by atoms with Gasteiger partial charge in [-0.25, -0.2) is 4.68 Å². The molecule has 1 aromatic heterocycles. The Balaban J connectivity index is 2.54. The minimum atomic E-state index is 0.638. The van der Waals surface area contributed by atoms with E-state index in [-0.39, 0.29) is 0 Å². The van der Waals surface area contributed by atoms with Gasteiger partial charge in [0.2, 0.25) is 0 Å². The molecule has 78 valence electrons. The minimum Gasteiger partial charge on any atom is -0.221 e. The topological polar surface area (TPSA) is 17.8 Å². The monoisotopic (exact) mass is 284 g/mol. The lowest BCUT2D eigenvalue weighted by molar-refractivity contribution is 0.839. The summed E-state index contributed by atoms with van der Waals surface area (Å²) in [6.07, 6.45) is 0.886. The average Bonchev–Trinajstić information content (AvgIpc) is 2.60. The number of halogens is 2. The summed E-state index contributed by atoms with van der Waals surface area (Å²) < 4.78 is 2.72. The lowest BCUT2D eigenvalue weighted by atomic mass is 10.3. The fourth-order valence-corrected chi connectivity index (χ4v) is 2.08. The molecular formula is C11H10BrClN2. The van der Waals surface area contributed by atoms with Crippen LogP contribution in [0, 0.1) is 0 Å². The van der Waals surface area contributed by atoms with Gasteiger partial charge in [-0.05, 0) is 40.5 Å². The van der Waals surface area contributed by atoms with Gasteiger partial charge in [-0.1, -0.05) is 30.7 Å². The number of rotatable bonds is 2. The van der Waals surface area contributed by atoms with Gasteiger partial charge in [-0.2, -0.15) is 5.10 Å². The number of nitrogens with zero attached hydrogens (tertiary/aromatic N) is 2. The SMILES string of the molecule is CCc1cc(Cl)n(-c2ccccc2Br)n1. The third-order valence-corrected chi connectivity index (χ3v) is 3.10. The van der Waals surface area contributed by atoms with Crippen LogP contribution in [0.3, 0.4) is 0 Å². The number of aromatic nitrogens is 2. The molecule has 0 fully saturated rings. The van der Waals surface area contributed by atoms with Crippen LogP contribution in [-0.2, 0) is 6.42 Å². The van der Waals surface area contributed by atoms with Crippen molar-refractivity contribution in [3.8, 4) is 5.69 Å². The van der Waals surface area contributed by atoms with Crippen molar-refractivity contribution >= 4 is 27.5 Å². The van der Waals surface area contributed by atoms with Gasteiger partial charge in [0.05, 0.1) is 11.4 Å². The smallest absolute Gasteiger partial charge is 0.133 e. The van der Waals surface area contributed by atoms with Crippen molar-refractivity contribution in [1.82, 2.24) is 9.78 Å². The van der Waals surface area contributed by atoms with Crippen LogP contribution < -0.4 is 0 Å². The molecule has 2 aromatic rings. The summed E-state index contributed by atoms with van der Waals surface area (Å²) in [5, 5.41) is 5.05. The van der Waals surface area contributed by atoms with Crippen molar-refractivity contribution in [2.24, 2.45) is 0 Å². The maximum atomic E-state index is 6.11. The Kier molecular flexibility index (Phi) is 3.12. The minimum absolute atomic E-state index is 0.638. The molecule has 0 atom stereocenters. The van der Waals surface area contributed by atoms with Crippen LogP contribution >= 0.6 is 27.5 Å². The van der Waals surface area contributed by atoms with Gasteiger partial charge < -0.3 is 0 Å². The van der Waals surface area contributed by atoms with E-state index in [9.17, 15) is 0 Å². The standard InChI is InChI=1S/C11H10BrClN2/c1-2-8-7-11(13)15(14-8)10-6-4-3-5-9(10)12/h3-7H,2H2,1H3. The van der Waals surface area contributed by atoms with E-state index in [1.165, 1.54) is 0 Å². The molecule has 0 saturated heterocycles. The summed E-state index contributed by atoms with van der Waals surface area (Å²) in [6.45, 7) is 2.06. The first kappa shape index (κ1) is 10.7. The summed E-state index contributed by atoms with van der Waals surface area (Å²) in [6, 6.07) is 9.76. The number of benzene rings is 1. The molecule has 0 amide bonds. The van der Waals surface area contributed by atoms with Gasteiger partial charge >= 0.3 is 0 Å². The summed E-state index contributed by atoms with van der Waals surface area (Å²) in [7, 11) is 0. The van der Waals surface area contributed by atoms with E-state index in [2.05, 4.69) is 28.0 Å². The molecule has 15 heavy (non-hydrogen) atoms. The van der Waals surface area contributed by atoms with Crippen LogP contribution in [-0.4, -0.2) is 9.78 Å². The van der Waals surface area contributed by atoms with Crippen molar-refractivity contribution in [2.75, 3.05) is 0 Å². The second-order valence-corrected chi connectivity index (χ2v) is 4.42. The molecule has 0 spiro atoms. The van der Waals surface area contributed by atoms with Gasteiger partial charge in [0, 0.05) is 4.47 Å². The zero-order valence-corrected chi connectivity index (χ0v) is 10.6. The summed E-state index contributed by atoms with van der Waals surface area (Å²) in [5.41, 5.74) is 1.96. The van der Waals surface area contributed by atoms with E-state index < -0.39 is 0 Å². The summed E-state index contributed by atoms with van der Waals surface area (Å²) >= 11 is 9.59. The first-order chi connectivity index (χ1) is 7.22. The van der Waals surface area contributed by atoms with Crippen LogP contribution in [0.4, 0.5) is 0 Å². The Labute approximate surface area is 102 Å². The van der Waals surface area contributed by atoms with E-state index >= 15 is 0 Å². The Morgan fingerprint density at radius 3 is 2.73 bits per heavy atom. The quantitative estimate of drug-likeness (QED) is 0.819. The highest BCUT2D eigenvalue weighted by molar-refractivity contribution is 9.10. The molecule has 0 saturated carbocycles. The van der Waals surface area contributed by atoms with Gasteiger partial charge in [-0.15, -0.1) is 0 Å². The van der Waals surface area contributed by atoms with Crippen molar-refractivity contribution in [1.29, 1.82) is 0 Å². The van der Waals surface area contributed by atoms with Crippen molar-refractivity contribution < 1.29 is 0 Å². The Hall–Kier alpha value is -0.800. The van der Waals surface area contributed by atoms with Crippen LogP contribution in [0.15, 0.2) is 34.8 Å². The van der Waals surface area contributed by atoms with E-state index in [4.69, 9.17) is 11.6 Å². The fourth-order valence-electron chi connectivity index (χ4n) is 1.37. The highest BCUT2D eigenvalue weighted by Gasteiger charge is 2.08. The number of hydrogen-bond donors (Lipinski definition) is 0. The van der Waals surface area contributed by atoms with Crippen molar-refractivity contribution in [3.05, 3.63) is 45.7 Å². The average molecular weight is 286 g/mol. The number of aryl methyl sites for hydroxylation is 1. The summed E-state index contributed by atoms with van der Waals surface area (Å²) in [5.74, 6) is 0. The van der Waals surface area contributed by atoms with E-state index in [0.29, 0.717) is 5.15 Å². The van der Waals surface area contributed by atoms with E-state index in [0.717, 1.165) is 22.3 Å². The lowest BCUT2D eigenvalue weighted by Gasteiger charge is -2.04. The van der Waals surface area contributed by atoms with Crippen LogP contribution in [0.2, 0.25) is 5.15 Å². The second-order valence-electron chi connectivity index (χ2n) is 3.18. The third kappa shape index (κ3) is 2.08. The van der Waals surface area contributed by atoms with Gasteiger partial charge in [-0.3, -0.25) is 0 Å². The predicted octanol–water partition coefficient (Wildman–Crippen LogP) is 3.85. The molecule has 0 aliphatic rings. The molecular weight excluding hydrogens is 275 g/mol. The van der Waals surface area contributed by atoms with Crippen molar-refractivity contribution in [2.45, 2.75) is 13.3 Å². The van der Waals surface area contributed by atoms with Crippen LogP contribution in [0.25, 0.3) is 5.69 Å².